The van der Waals surface area contributed by atoms with Crippen LogP contribution in [0, 0.1) is 35.0 Å². The second kappa shape index (κ2) is 17.5. The Bertz CT molecular complexity index is 509. The molecule has 176 valence electrons. The molecule has 0 unspecified atom stereocenters. The molecule has 0 radical (unpaired) electrons. The second-order valence-corrected chi connectivity index (χ2v) is 10.8. The van der Waals surface area contributed by atoms with Crippen molar-refractivity contribution in [2.45, 2.75) is 135 Å². The fourth-order valence-electron chi connectivity index (χ4n) is 6.13. The van der Waals surface area contributed by atoms with Crippen molar-refractivity contribution in [3.63, 3.8) is 0 Å². The van der Waals surface area contributed by atoms with Gasteiger partial charge in [-0.05, 0) is 36.5 Å². The quantitative estimate of drug-likeness (QED) is 0.145. The van der Waals surface area contributed by atoms with Crippen molar-refractivity contribution in [2.75, 3.05) is 0 Å². The third kappa shape index (κ3) is 12.6. The first-order valence-electron chi connectivity index (χ1n) is 14.0. The van der Waals surface area contributed by atoms with Crippen molar-refractivity contribution < 1.29 is 0 Å². The van der Waals surface area contributed by atoms with Crippen LogP contribution in [0.25, 0.3) is 0 Å². The van der Waals surface area contributed by atoms with E-state index in [1.165, 1.54) is 128 Å². The van der Waals surface area contributed by atoms with E-state index in [0.29, 0.717) is 0 Å². The minimum Gasteiger partial charge on any atom is -0.193 e. The molecule has 2 aliphatic rings. The van der Waals surface area contributed by atoms with Gasteiger partial charge < -0.3 is 0 Å². The van der Waals surface area contributed by atoms with Crippen molar-refractivity contribution in [3.05, 3.63) is 24.3 Å². The van der Waals surface area contributed by atoms with Crippen LogP contribution in [0.15, 0.2) is 24.3 Å². The van der Waals surface area contributed by atoms with E-state index in [1.54, 1.807) is 6.08 Å². The maximum atomic E-state index is 8.48. The minimum atomic E-state index is 0.947. The summed E-state index contributed by atoms with van der Waals surface area (Å²) in [6, 6.07) is 2.03. The molecule has 0 aromatic rings. The van der Waals surface area contributed by atoms with E-state index in [2.05, 4.69) is 13.0 Å². The Labute approximate surface area is 194 Å². The van der Waals surface area contributed by atoms with Crippen LogP contribution in [-0.4, -0.2) is 0 Å². The number of nitriles is 1. The lowest BCUT2D eigenvalue weighted by Gasteiger charge is -2.30. The molecule has 31 heavy (non-hydrogen) atoms. The van der Waals surface area contributed by atoms with Crippen LogP contribution >= 0.6 is 0 Å². The lowest BCUT2D eigenvalue weighted by atomic mass is 9.76. The fourth-order valence-corrected chi connectivity index (χ4v) is 6.13. The van der Waals surface area contributed by atoms with Gasteiger partial charge in [0.05, 0.1) is 6.07 Å². The first-order chi connectivity index (χ1) is 15.3. The Balaban J connectivity index is 1.42. The van der Waals surface area contributed by atoms with Gasteiger partial charge >= 0.3 is 0 Å². The maximum absolute atomic E-state index is 8.48. The molecule has 0 heterocycles. The van der Waals surface area contributed by atoms with Crippen molar-refractivity contribution in [3.8, 4) is 6.07 Å². The molecule has 1 nitrogen and oxygen atoms in total. The van der Waals surface area contributed by atoms with Crippen LogP contribution in [0.3, 0.4) is 0 Å². The van der Waals surface area contributed by atoms with Crippen molar-refractivity contribution in [1.29, 1.82) is 5.26 Å². The summed E-state index contributed by atoms with van der Waals surface area (Å²) >= 11 is 0. The first kappa shape index (κ1) is 26.2. The van der Waals surface area contributed by atoms with E-state index in [0.717, 1.165) is 23.7 Å². The normalized spacial score (nSPS) is 27.1. The predicted molar refractivity (Wildman–Crippen MR) is 136 cm³/mol. The molecule has 2 rings (SSSR count). The van der Waals surface area contributed by atoms with Crippen LogP contribution in [0.5, 0.6) is 0 Å². The summed E-state index contributed by atoms with van der Waals surface area (Å²) in [5.41, 5.74) is 0. The SMILES string of the molecule is CCCCCCC[C@H]1CC[C@H](CCCC[C@H]2CC[C@H](CCC=CC=CC#N)CC2)CC1. The highest BCUT2D eigenvalue weighted by Crippen LogP contribution is 2.36. The van der Waals surface area contributed by atoms with Crippen LogP contribution in [0.4, 0.5) is 0 Å². The lowest BCUT2D eigenvalue weighted by molar-refractivity contribution is 0.232. The predicted octanol–water partition coefficient (Wildman–Crippen LogP) is 9.94. The van der Waals surface area contributed by atoms with Gasteiger partial charge in [-0.3, -0.25) is 0 Å². The smallest absolute Gasteiger partial charge is 0.0912 e. The van der Waals surface area contributed by atoms with Gasteiger partial charge in [0.15, 0.2) is 0 Å². The monoisotopic (exact) mass is 425 g/mol. The van der Waals surface area contributed by atoms with Crippen LogP contribution in [0.1, 0.15) is 135 Å². The summed E-state index contributed by atoms with van der Waals surface area (Å²) in [5.74, 6) is 4.09. The van der Waals surface area contributed by atoms with E-state index in [9.17, 15) is 0 Å². The van der Waals surface area contributed by atoms with Gasteiger partial charge in [0.25, 0.3) is 0 Å². The Morgan fingerprint density at radius 3 is 1.55 bits per heavy atom. The molecule has 0 amide bonds. The Morgan fingerprint density at radius 2 is 1.06 bits per heavy atom. The van der Waals surface area contributed by atoms with Gasteiger partial charge in [-0.1, -0.05) is 141 Å². The zero-order valence-corrected chi connectivity index (χ0v) is 20.7. The molecule has 0 spiro atoms. The Hall–Kier alpha value is -1.03. The lowest BCUT2D eigenvalue weighted by Crippen LogP contribution is -2.15. The van der Waals surface area contributed by atoms with E-state index in [1.807, 2.05) is 18.2 Å². The van der Waals surface area contributed by atoms with E-state index in [-0.39, 0.29) is 0 Å². The van der Waals surface area contributed by atoms with Crippen LogP contribution < -0.4 is 0 Å². The molecule has 0 aliphatic heterocycles. The van der Waals surface area contributed by atoms with Gasteiger partial charge in [0.1, 0.15) is 0 Å². The highest BCUT2D eigenvalue weighted by atomic mass is 14.3. The third-order valence-corrected chi connectivity index (χ3v) is 8.28. The van der Waals surface area contributed by atoms with Gasteiger partial charge in [0.2, 0.25) is 0 Å². The molecule has 0 atom stereocenters. The van der Waals surface area contributed by atoms with E-state index < -0.39 is 0 Å². The van der Waals surface area contributed by atoms with Gasteiger partial charge in [-0.25, -0.2) is 0 Å². The second-order valence-electron chi connectivity index (χ2n) is 10.8. The number of hydrogen-bond acceptors (Lipinski definition) is 1. The number of allylic oxidation sites excluding steroid dienone is 4. The number of nitrogens with zero attached hydrogens (tertiary/aromatic N) is 1. The number of hydrogen-bond donors (Lipinski definition) is 0. The maximum Gasteiger partial charge on any atom is 0.0912 e. The molecule has 2 saturated carbocycles. The molecule has 0 aromatic heterocycles. The summed E-state index contributed by atoms with van der Waals surface area (Å²) in [5, 5.41) is 8.48. The van der Waals surface area contributed by atoms with Gasteiger partial charge in [-0.2, -0.15) is 5.26 Å². The molecule has 2 aliphatic carbocycles. The molecular formula is C30H51N. The van der Waals surface area contributed by atoms with Crippen molar-refractivity contribution >= 4 is 0 Å². The standard InChI is InChI=1S/C30H51N/c1-2-3-4-6-9-14-27-18-22-29(23-19-27)16-11-12-17-30-24-20-28(21-25-30)15-10-7-5-8-13-26-31/h5,7-8,13,27-30H,2-4,6,9-12,14-25H2,1H3/t27-,28-,29-,30-. The van der Waals surface area contributed by atoms with Crippen molar-refractivity contribution in [1.82, 2.24) is 0 Å². The molecular weight excluding hydrogens is 374 g/mol. The summed E-state index contributed by atoms with van der Waals surface area (Å²) in [6.07, 6.45) is 36.9. The molecule has 0 saturated heterocycles. The van der Waals surface area contributed by atoms with Crippen LogP contribution in [-0.2, 0) is 0 Å². The molecule has 0 bridgehead atoms. The number of unbranched alkanes of at least 4 members (excludes halogenated alkanes) is 5. The number of rotatable bonds is 15. The van der Waals surface area contributed by atoms with E-state index >= 15 is 0 Å². The zero-order chi connectivity index (χ0) is 22.0. The molecule has 1 heteroatoms. The molecule has 2 fully saturated rings. The minimum absolute atomic E-state index is 0.947. The molecule has 0 N–H and O–H groups in total. The molecule has 0 aromatic carbocycles. The van der Waals surface area contributed by atoms with Gasteiger partial charge in [0, 0.05) is 6.08 Å². The third-order valence-electron chi connectivity index (χ3n) is 8.28. The summed E-state index contributed by atoms with van der Waals surface area (Å²) in [4.78, 5) is 0. The Kier molecular flexibility index (Phi) is 14.8. The van der Waals surface area contributed by atoms with E-state index in [4.69, 9.17) is 5.26 Å². The first-order valence-corrected chi connectivity index (χ1v) is 14.0. The fraction of sp³-hybridized carbons (Fsp3) is 0.833. The average Bonchev–Trinajstić information content (AvgIpc) is 2.81. The highest BCUT2D eigenvalue weighted by molar-refractivity contribution is 5.11. The summed E-state index contributed by atoms with van der Waals surface area (Å²) in [7, 11) is 0. The summed E-state index contributed by atoms with van der Waals surface area (Å²) in [6.45, 7) is 2.31. The summed E-state index contributed by atoms with van der Waals surface area (Å²) < 4.78 is 0. The largest absolute Gasteiger partial charge is 0.193 e. The Morgan fingerprint density at radius 1 is 0.613 bits per heavy atom. The average molecular weight is 426 g/mol. The van der Waals surface area contributed by atoms with Gasteiger partial charge in [-0.15, -0.1) is 0 Å². The topological polar surface area (TPSA) is 23.8 Å². The van der Waals surface area contributed by atoms with Crippen LogP contribution in [0.2, 0.25) is 0 Å². The highest BCUT2D eigenvalue weighted by Gasteiger charge is 2.22. The zero-order valence-electron chi connectivity index (χ0n) is 20.7. The van der Waals surface area contributed by atoms with Crippen molar-refractivity contribution in [2.24, 2.45) is 23.7 Å².